The highest BCUT2D eigenvalue weighted by Crippen LogP contribution is 2.20. The summed E-state index contributed by atoms with van der Waals surface area (Å²) in [4.78, 5) is 28.3. The molecule has 0 saturated heterocycles. The van der Waals surface area contributed by atoms with E-state index < -0.39 is 0 Å². The summed E-state index contributed by atoms with van der Waals surface area (Å²) in [6.45, 7) is 1.47. The molecule has 2 N–H and O–H groups in total. The average molecular weight is 340 g/mol. The SMILES string of the molecule is CC(=O)Nc1ccc(SCC(=O)Nn2cnc3ccccc32)cc1. The second-order valence-electron chi connectivity index (χ2n) is 5.13. The lowest BCUT2D eigenvalue weighted by molar-refractivity contribution is -0.115. The lowest BCUT2D eigenvalue weighted by Gasteiger charge is -2.07. The van der Waals surface area contributed by atoms with Crippen molar-refractivity contribution >= 4 is 40.3 Å². The van der Waals surface area contributed by atoms with Gasteiger partial charge in [0, 0.05) is 17.5 Å². The van der Waals surface area contributed by atoms with Gasteiger partial charge < -0.3 is 5.32 Å². The van der Waals surface area contributed by atoms with Crippen LogP contribution in [0.2, 0.25) is 0 Å². The van der Waals surface area contributed by atoms with Crippen LogP contribution in [0.3, 0.4) is 0 Å². The average Bonchev–Trinajstić information content (AvgIpc) is 2.97. The number of para-hydroxylation sites is 2. The summed E-state index contributed by atoms with van der Waals surface area (Å²) in [5.41, 5.74) is 5.24. The van der Waals surface area contributed by atoms with Crippen molar-refractivity contribution < 1.29 is 9.59 Å². The molecule has 0 aliphatic rings. The third-order valence-corrected chi connectivity index (χ3v) is 4.26. The van der Waals surface area contributed by atoms with Gasteiger partial charge in [0.2, 0.25) is 11.8 Å². The second kappa shape index (κ2) is 7.18. The van der Waals surface area contributed by atoms with Crippen molar-refractivity contribution in [2.75, 3.05) is 16.5 Å². The molecule has 3 aromatic rings. The van der Waals surface area contributed by atoms with Crippen LogP contribution in [-0.2, 0) is 9.59 Å². The predicted octanol–water partition coefficient (Wildman–Crippen LogP) is 2.86. The minimum atomic E-state index is -0.117. The Labute approximate surface area is 143 Å². The summed E-state index contributed by atoms with van der Waals surface area (Å²) in [7, 11) is 0. The summed E-state index contributed by atoms with van der Waals surface area (Å²) < 4.78 is 1.62. The van der Waals surface area contributed by atoms with E-state index in [-0.39, 0.29) is 17.6 Å². The quantitative estimate of drug-likeness (QED) is 0.700. The number of carbonyl (C=O) groups excluding carboxylic acids is 2. The molecule has 0 aliphatic heterocycles. The number of benzene rings is 2. The fourth-order valence-corrected chi connectivity index (χ4v) is 2.89. The smallest absolute Gasteiger partial charge is 0.249 e. The van der Waals surface area contributed by atoms with Crippen molar-refractivity contribution in [3.63, 3.8) is 0 Å². The van der Waals surface area contributed by atoms with Crippen molar-refractivity contribution in [1.82, 2.24) is 9.66 Å². The number of amides is 2. The molecule has 0 aliphatic carbocycles. The van der Waals surface area contributed by atoms with Gasteiger partial charge in [0.1, 0.15) is 6.33 Å². The Balaban J connectivity index is 1.56. The highest BCUT2D eigenvalue weighted by Gasteiger charge is 2.07. The molecule has 2 aromatic carbocycles. The summed E-state index contributed by atoms with van der Waals surface area (Å²) in [6, 6.07) is 15.0. The Hall–Kier alpha value is -2.80. The Bertz CT molecular complexity index is 874. The number of thioether (sulfide) groups is 1. The normalized spacial score (nSPS) is 10.5. The van der Waals surface area contributed by atoms with E-state index in [2.05, 4.69) is 15.7 Å². The molecule has 0 radical (unpaired) electrons. The molecule has 1 heterocycles. The maximum atomic E-state index is 12.1. The van der Waals surface area contributed by atoms with E-state index in [4.69, 9.17) is 0 Å². The fraction of sp³-hybridized carbons (Fsp3) is 0.118. The minimum Gasteiger partial charge on any atom is -0.326 e. The number of rotatable bonds is 5. The maximum Gasteiger partial charge on any atom is 0.249 e. The molecule has 0 unspecified atom stereocenters. The van der Waals surface area contributed by atoms with Gasteiger partial charge in [-0.1, -0.05) is 12.1 Å². The summed E-state index contributed by atoms with van der Waals surface area (Å²) in [5.74, 6) is 0.0582. The van der Waals surface area contributed by atoms with Gasteiger partial charge in [0.25, 0.3) is 0 Å². The molecule has 122 valence electrons. The Morgan fingerprint density at radius 3 is 2.62 bits per heavy atom. The van der Waals surface area contributed by atoms with Crippen molar-refractivity contribution in [3.05, 3.63) is 54.9 Å². The topological polar surface area (TPSA) is 76.0 Å². The molecule has 0 spiro atoms. The molecule has 0 saturated carbocycles. The fourth-order valence-electron chi connectivity index (χ4n) is 2.20. The standard InChI is InChI=1S/C17H16N4O2S/c1-12(22)19-13-6-8-14(9-7-13)24-10-17(23)20-21-11-18-15-4-2-3-5-16(15)21/h2-9,11H,10H2,1H3,(H,19,22)(H,20,23). The number of hydrogen-bond donors (Lipinski definition) is 2. The van der Waals surface area contributed by atoms with Gasteiger partial charge in [0.05, 0.1) is 16.8 Å². The van der Waals surface area contributed by atoms with Crippen LogP contribution in [-0.4, -0.2) is 27.2 Å². The molecule has 2 amide bonds. The molecular weight excluding hydrogens is 324 g/mol. The summed E-state index contributed by atoms with van der Waals surface area (Å²) in [5, 5.41) is 2.71. The first-order valence-corrected chi connectivity index (χ1v) is 8.33. The second-order valence-corrected chi connectivity index (χ2v) is 6.18. The maximum absolute atomic E-state index is 12.1. The van der Waals surface area contributed by atoms with Crippen molar-refractivity contribution in [3.8, 4) is 0 Å². The van der Waals surface area contributed by atoms with E-state index in [1.165, 1.54) is 18.7 Å². The third-order valence-electron chi connectivity index (χ3n) is 3.24. The molecular formula is C17H16N4O2S. The van der Waals surface area contributed by atoms with Gasteiger partial charge in [-0.05, 0) is 36.4 Å². The lowest BCUT2D eigenvalue weighted by Crippen LogP contribution is -2.23. The van der Waals surface area contributed by atoms with Crippen LogP contribution in [0.25, 0.3) is 11.0 Å². The van der Waals surface area contributed by atoms with Crippen molar-refractivity contribution in [1.29, 1.82) is 0 Å². The van der Waals surface area contributed by atoms with Crippen molar-refractivity contribution in [2.45, 2.75) is 11.8 Å². The number of nitrogens with one attached hydrogen (secondary N) is 2. The molecule has 0 bridgehead atoms. The van der Waals surface area contributed by atoms with Crippen molar-refractivity contribution in [2.24, 2.45) is 0 Å². The van der Waals surface area contributed by atoms with Crippen LogP contribution in [0.5, 0.6) is 0 Å². The number of aromatic nitrogens is 2. The molecule has 3 rings (SSSR count). The number of fused-ring (bicyclic) bond motifs is 1. The third kappa shape index (κ3) is 3.94. The molecule has 0 fully saturated rings. The van der Waals surface area contributed by atoms with Crippen LogP contribution >= 0.6 is 11.8 Å². The molecule has 1 aromatic heterocycles. The van der Waals surface area contributed by atoms with Crippen LogP contribution in [0.15, 0.2) is 59.8 Å². The number of hydrogen-bond acceptors (Lipinski definition) is 4. The van der Waals surface area contributed by atoms with Gasteiger partial charge >= 0.3 is 0 Å². The van der Waals surface area contributed by atoms with E-state index >= 15 is 0 Å². The van der Waals surface area contributed by atoms with Gasteiger partial charge in [-0.3, -0.25) is 15.0 Å². The van der Waals surface area contributed by atoms with E-state index in [0.717, 1.165) is 21.6 Å². The molecule has 24 heavy (non-hydrogen) atoms. The number of carbonyl (C=O) groups is 2. The number of nitrogens with zero attached hydrogens (tertiary/aromatic N) is 2. The van der Waals surface area contributed by atoms with Crippen LogP contribution < -0.4 is 10.7 Å². The first-order chi connectivity index (χ1) is 11.6. The molecule has 7 heteroatoms. The summed E-state index contributed by atoms with van der Waals surface area (Å²) in [6.07, 6.45) is 1.59. The largest absolute Gasteiger partial charge is 0.326 e. The van der Waals surface area contributed by atoms with E-state index in [9.17, 15) is 9.59 Å². The first kappa shape index (κ1) is 16.1. The van der Waals surface area contributed by atoms with Crippen LogP contribution in [0.1, 0.15) is 6.92 Å². The zero-order chi connectivity index (χ0) is 16.9. The lowest BCUT2D eigenvalue weighted by atomic mass is 10.3. The Morgan fingerprint density at radius 2 is 1.88 bits per heavy atom. The van der Waals surface area contributed by atoms with E-state index in [0.29, 0.717) is 0 Å². The summed E-state index contributed by atoms with van der Waals surface area (Å²) >= 11 is 1.42. The monoisotopic (exact) mass is 340 g/mol. The Morgan fingerprint density at radius 1 is 1.12 bits per heavy atom. The zero-order valence-corrected chi connectivity index (χ0v) is 13.8. The predicted molar refractivity (Wildman–Crippen MR) is 95.6 cm³/mol. The number of anilines is 1. The zero-order valence-electron chi connectivity index (χ0n) is 13.0. The highest BCUT2D eigenvalue weighted by molar-refractivity contribution is 8.00. The molecule has 0 atom stereocenters. The van der Waals surface area contributed by atoms with Gasteiger partial charge in [0.15, 0.2) is 0 Å². The van der Waals surface area contributed by atoms with E-state index in [1.807, 2.05) is 48.5 Å². The van der Waals surface area contributed by atoms with Gasteiger partial charge in [-0.2, -0.15) is 0 Å². The minimum absolute atomic E-state index is 0.109. The number of imidazole rings is 1. The van der Waals surface area contributed by atoms with Gasteiger partial charge in [-0.25, -0.2) is 9.66 Å². The first-order valence-electron chi connectivity index (χ1n) is 7.34. The highest BCUT2D eigenvalue weighted by atomic mass is 32.2. The Kier molecular flexibility index (Phi) is 4.81. The van der Waals surface area contributed by atoms with E-state index in [1.54, 1.807) is 11.0 Å². The van der Waals surface area contributed by atoms with Crippen LogP contribution in [0, 0.1) is 0 Å². The molecule has 6 nitrogen and oxygen atoms in total. The van der Waals surface area contributed by atoms with Crippen LogP contribution in [0.4, 0.5) is 5.69 Å². The van der Waals surface area contributed by atoms with Gasteiger partial charge in [-0.15, -0.1) is 11.8 Å².